The van der Waals surface area contributed by atoms with Crippen LogP contribution in [-0.2, 0) is 15.7 Å². The fraction of sp³-hybridized carbons (Fsp3) is 0.389. The van der Waals surface area contributed by atoms with E-state index in [1.54, 1.807) is 6.92 Å². The zero-order valence-electron chi connectivity index (χ0n) is 15.5. The second kappa shape index (κ2) is 8.64. The third-order valence-electron chi connectivity index (χ3n) is 4.09. The molecular weight excluding hydrogens is 399 g/mol. The second-order valence-electron chi connectivity index (χ2n) is 6.06. The average Bonchev–Trinajstić information content (AvgIpc) is 3.10. The smallest absolute Gasteiger partial charge is 0.434 e. The molecule has 1 aromatic heterocycles. The summed E-state index contributed by atoms with van der Waals surface area (Å²) in [5.41, 5.74) is -1.74. The Bertz CT molecular complexity index is 867. The van der Waals surface area contributed by atoms with Gasteiger partial charge in [0.1, 0.15) is 0 Å². The molecule has 1 heterocycles. The molecule has 2 rings (SSSR count). The van der Waals surface area contributed by atoms with E-state index < -0.39 is 35.2 Å². The number of methoxy groups -OCH3 is 1. The van der Waals surface area contributed by atoms with E-state index in [1.165, 1.54) is 38.3 Å². The number of amides is 1. The van der Waals surface area contributed by atoms with Gasteiger partial charge in [-0.1, -0.05) is 24.6 Å². The van der Waals surface area contributed by atoms with Gasteiger partial charge in [-0.3, -0.25) is 9.59 Å². The molecule has 0 aliphatic rings. The highest BCUT2D eigenvalue weighted by molar-refractivity contribution is 6.30. The van der Waals surface area contributed by atoms with Crippen molar-refractivity contribution in [2.45, 2.75) is 20.0 Å². The molecule has 28 heavy (non-hydrogen) atoms. The third-order valence-corrected chi connectivity index (χ3v) is 4.32. The van der Waals surface area contributed by atoms with Crippen LogP contribution < -0.4 is 0 Å². The Hall–Kier alpha value is -2.55. The first-order valence-electron chi connectivity index (χ1n) is 8.38. The van der Waals surface area contributed by atoms with Crippen molar-refractivity contribution in [3.63, 3.8) is 0 Å². The van der Waals surface area contributed by atoms with Gasteiger partial charge >= 0.3 is 12.1 Å². The molecule has 0 saturated carbocycles. The fourth-order valence-electron chi connectivity index (χ4n) is 2.71. The summed E-state index contributed by atoms with van der Waals surface area (Å²) in [6.45, 7) is 3.17. The fourth-order valence-corrected chi connectivity index (χ4v) is 2.90. The van der Waals surface area contributed by atoms with Gasteiger partial charge in [-0.05, 0) is 25.1 Å². The lowest BCUT2D eigenvalue weighted by molar-refractivity contribution is -0.145. The van der Waals surface area contributed by atoms with Crippen LogP contribution in [0.3, 0.4) is 0 Å². The highest BCUT2D eigenvalue weighted by Gasteiger charge is 2.41. The summed E-state index contributed by atoms with van der Waals surface area (Å²) >= 11 is 5.86. The maximum absolute atomic E-state index is 13.8. The summed E-state index contributed by atoms with van der Waals surface area (Å²) in [6, 6.07) is 5.71. The van der Waals surface area contributed by atoms with E-state index in [1.807, 2.05) is 0 Å². The molecule has 0 spiro atoms. The quantitative estimate of drug-likeness (QED) is 0.670. The largest absolute Gasteiger partial charge is 0.469 e. The van der Waals surface area contributed by atoms with Gasteiger partial charge in [0.15, 0.2) is 5.69 Å². The molecule has 1 atom stereocenters. The summed E-state index contributed by atoms with van der Waals surface area (Å²) in [5.74, 6) is -2.12. The second-order valence-corrected chi connectivity index (χ2v) is 6.50. The van der Waals surface area contributed by atoms with Crippen LogP contribution in [0.2, 0.25) is 5.02 Å². The minimum absolute atomic E-state index is 0.0739. The zero-order valence-corrected chi connectivity index (χ0v) is 16.2. The van der Waals surface area contributed by atoms with Crippen molar-refractivity contribution >= 4 is 23.5 Å². The summed E-state index contributed by atoms with van der Waals surface area (Å²) in [7, 11) is 1.20. The molecule has 0 saturated heterocycles. The van der Waals surface area contributed by atoms with Crippen LogP contribution in [0.15, 0.2) is 30.5 Å². The SMILES string of the molecule is CCN(CC(C)C(=O)OC)C(=O)c1cnn(-c2cccc(Cl)c2)c1C(F)(F)F. The van der Waals surface area contributed by atoms with Gasteiger partial charge in [0.05, 0.1) is 30.5 Å². The molecule has 1 aromatic carbocycles. The molecular formula is C18H19ClF3N3O3. The van der Waals surface area contributed by atoms with Crippen molar-refractivity contribution in [2.24, 2.45) is 5.92 Å². The summed E-state index contributed by atoms with van der Waals surface area (Å²) in [6.07, 6.45) is -3.96. The molecule has 0 aliphatic carbocycles. The monoisotopic (exact) mass is 417 g/mol. The summed E-state index contributed by atoms with van der Waals surface area (Å²) < 4.78 is 46.5. The number of benzene rings is 1. The third kappa shape index (κ3) is 4.64. The first-order chi connectivity index (χ1) is 13.1. The topological polar surface area (TPSA) is 64.4 Å². The van der Waals surface area contributed by atoms with Gasteiger partial charge in [0.25, 0.3) is 5.91 Å². The number of nitrogens with zero attached hydrogens (tertiary/aromatic N) is 3. The van der Waals surface area contributed by atoms with Crippen molar-refractivity contribution in [1.82, 2.24) is 14.7 Å². The Kier molecular flexibility index (Phi) is 6.71. The van der Waals surface area contributed by atoms with Crippen LogP contribution in [-0.4, -0.2) is 46.8 Å². The number of carbonyl (C=O) groups is 2. The number of hydrogen-bond donors (Lipinski definition) is 0. The molecule has 1 amide bonds. The van der Waals surface area contributed by atoms with Gasteiger partial charge in [-0.2, -0.15) is 18.3 Å². The lowest BCUT2D eigenvalue weighted by atomic mass is 10.1. The Morgan fingerprint density at radius 2 is 2.04 bits per heavy atom. The van der Waals surface area contributed by atoms with Crippen LogP contribution in [0.4, 0.5) is 13.2 Å². The Morgan fingerprint density at radius 3 is 2.57 bits per heavy atom. The van der Waals surface area contributed by atoms with E-state index in [-0.39, 0.29) is 23.8 Å². The number of halogens is 4. The molecule has 0 bridgehead atoms. The number of ether oxygens (including phenoxy) is 1. The Labute approximate surface area is 164 Å². The predicted molar refractivity (Wildman–Crippen MR) is 96.3 cm³/mol. The molecule has 0 radical (unpaired) electrons. The maximum Gasteiger partial charge on any atom is 0.434 e. The van der Waals surface area contributed by atoms with Crippen molar-refractivity contribution in [2.75, 3.05) is 20.2 Å². The van der Waals surface area contributed by atoms with E-state index in [0.29, 0.717) is 4.68 Å². The number of aromatic nitrogens is 2. The van der Waals surface area contributed by atoms with Crippen LogP contribution in [0.1, 0.15) is 29.9 Å². The van der Waals surface area contributed by atoms with Crippen molar-refractivity contribution in [3.8, 4) is 5.69 Å². The minimum atomic E-state index is -4.84. The molecule has 0 aliphatic heterocycles. The van der Waals surface area contributed by atoms with E-state index >= 15 is 0 Å². The molecule has 0 fully saturated rings. The van der Waals surface area contributed by atoms with E-state index in [9.17, 15) is 22.8 Å². The number of hydrogen-bond acceptors (Lipinski definition) is 4. The first kappa shape index (κ1) is 21.7. The molecule has 2 aromatic rings. The Morgan fingerprint density at radius 1 is 1.36 bits per heavy atom. The van der Waals surface area contributed by atoms with Crippen LogP contribution in [0, 0.1) is 5.92 Å². The standard InChI is InChI=1S/C18H19ClF3N3O3/c1-4-24(10-11(2)17(27)28-3)16(26)14-9-23-25(15(14)18(20,21)22)13-7-5-6-12(19)8-13/h5-9,11H,4,10H2,1-3H3. The number of rotatable bonds is 6. The molecule has 6 nitrogen and oxygen atoms in total. The van der Waals surface area contributed by atoms with E-state index in [4.69, 9.17) is 11.6 Å². The van der Waals surface area contributed by atoms with Crippen LogP contribution >= 0.6 is 11.6 Å². The van der Waals surface area contributed by atoms with Crippen molar-refractivity contribution in [1.29, 1.82) is 0 Å². The molecule has 10 heteroatoms. The van der Waals surface area contributed by atoms with Gasteiger partial charge in [0, 0.05) is 18.1 Å². The van der Waals surface area contributed by atoms with E-state index in [0.717, 1.165) is 11.1 Å². The first-order valence-corrected chi connectivity index (χ1v) is 8.76. The summed E-state index contributed by atoms with van der Waals surface area (Å²) in [5, 5.41) is 3.99. The highest BCUT2D eigenvalue weighted by atomic mass is 35.5. The van der Waals surface area contributed by atoms with E-state index in [2.05, 4.69) is 9.84 Å². The molecule has 152 valence electrons. The minimum Gasteiger partial charge on any atom is -0.469 e. The van der Waals surface area contributed by atoms with Gasteiger partial charge < -0.3 is 9.64 Å². The summed E-state index contributed by atoms with van der Waals surface area (Å²) in [4.78, 5) is 25.5. The average molecular weight is 418 g/mol. The molecule has 1 unspecified atom stereocenters. The maximum atomic E-state index is 13.8. The Balaban J connectivity index is 2.47. The number of esters is 1. The van der Waals surface area contributed by atoms with Crippen LogP contribution in [0.5, 0.6) is 0 Å². The number of carbonyl (C=O) groups excluding carboxylic acids is 2. The van der Waals surface area contributed by atoms with Gasteiger partial charge in [-0.15, -0.1) is 0 Å². The zero-order chi connectivity index (χ0) is 21.1. The van der Waals surface area contributed by atoms with Crippen molar-refractivity contribution in [3.05, 3.63) is 46.7 Å². The van der Waals surface area contributed by atoms with Gasteiger partial charge in [0.2, 0.25) is 0 Å². The highest BCUT2D eigenvalue weighted by Crippen LogP contribution is 2.34. The lowest BCUT2D eigenvalue weighted by Crippen LogP contribution is -2.38. The van der Waals surface area contributed by atoms with Crippen molar-refractivity contribution < 1.29 is 27.5 Å². The number of alkyl halides is 3. The molecule has 0 N–H and O–H groups in total. The lowest BCUT2D eigenvalue weighted by Gasteiger charge is -2.24. The van der Waals surface area contributed by atoms with Gasteiger partial charge in [-0.25, -0.2) is 4.68 Å². The predicted octanol–water partition coefficient (Wildman–Crippen LogP) is 3.82. The normalized spacial score (nSPS) is 12.5. The van der Waals surface area contributed by atoms with Crippen LogP contribution in [0.25, 0.3) is 5.69 Å².